The van der Waals surface area contributed by atoms with Crippen molar-refractivity contribution < 1.29 is 42.4 Å². The van der Waals surface area contributed by atoms with Crippen molar-refractivity contribution in [3.63, 3.8) is 0 Å². The lowest BCUT2D eigenvalue weighted by Gasteiger charge is -2.28. The second kappa shape index (κ2) is 15.4. The first kappa shape index (κ1) is 34.9. The predicted molar refractivity (Wildman–Crippen MR) is 167 cm³/mol. The third kappa shape index (κ3) is 8.52. The fraction of sp³-hybridized carbons (Fsp3) is 0.344. The molecule has 2 aromatic carbocycles. The Hall–Kier alpha value is -4.62. The maximum Gasteiger partial charge on any atom is 0.414 e. The van der Waals surface area contributed by atoms with E-state index >= 15 is 0 Å². The van der Waals surface area contributed by atoms with E-state index in [0.29, 0.717) is 27.7 Å². The summed E-state index contributed by atoms with van der Waals surface area (Å²) in [6, 6.07) is 16.2. The number of fused-ring (bicyclic) bond motifs is 1. The lowest BCUT2D eigenvalue weighted by atomic mass is 10.1. The monoisotopic (exact) mass is 641 g/mol. The number of nitrogens with zero attached hydrogens (tertiary/aromatic N) is 3. The summed E-state index contributed by atoms with van der Waals surface area (Å²) in [6.45, 7) is 6.80. The van der Waals surface area contributed by atoms with Crippen molar-refractivity contribution in [3.05, 3.63) is 78.1 Å². The highest BCUT2D eigenvalue weighted by molar-refractivity contribution is 7.91. The average molecular weight is 642 g/mol. The average Bonchev–Trinajstić information content (AvgIpc) is 3.44. The van der Waals surface area contributed by atoms with Crippen LogP contribution in [0.25, 0.3) is 5.52 Å². The lowest BCUT2D eigenvalue weighted by molar-refractivity contribution is -0.159. The molecule has 0 aliphatic heterocycles. The number of aliphatic carboxylic acids is 2. The van der Waals surface area contributed by atoms with Crippen LogP contribution in [0.4, 0.5) is 0 Å². The Bertz CT molecular complexity index is 1710. The van der Waals surface area contributed by atoms with Crippen LogP contribution >= 0.6 is 0 Å². The number of hydrogen-bond acceptors (Lipinski definition) is 9. The van der Waals surface area contributed by atoms with Gasteiger partial charge in [0.2, 0.25) is 9.84 Å². The molecule has 2 aromatic heterocycles. The van der Waals surface area contributed by atoms with Crippen molar-refractivity contribution >= 4 is 27.3 Å². The SMILES string of the molecule is CCC(Oc1ccc(S(=O)(=O)c2c(C(C)C)cn3ncccc23)cc1)N(C)CCc1ccc(OC)c(OC)c1.O=C(O)C(=O)O. The third-order valence-corrected chi connectivity index (χ3v) is 8.93. The van der Waals surface area contributed by atoms with E-state index in [0.717, 1.165) is 30.5 Å². The van der Waals surface area contributed by atoms with Gasteiger partial charge in [0.1, 0.15) is 10.6 Å². The van der Waals surface area contributed by atoms with E-state index in [9.17, 15) is 8.42 Å². The maximum atomic E-state index is 13.7. The highest BCUT2D eigenvalue weighted by Gasteiger charge is 2.28. The highest BCUT2D eigenvalue weighted by atomic mass is 32.2. The van der Waals surface area contributed by atoms with E-state index in [4.69, 9.17) is 34.0 Å². The summed E-state index contributed by atoms with van der Waals surface area (Å²) >= 11 is 0. The molecule has 0 amide bonds. The Morgan fingerprint density at radius 1 is 0.978 bits per heavy atom. The zero-order valence-corrected chi connectivity index (χ0v) is 26.9. The highest BCUT2D eigenvalue weighted by Crippen LogP contribution is 2.34. The van der Waals surface area contributed by atoms with Crippen LogP contribution in [-0.2, 0) is 25.8 Å². The number of sulfone groups is 1. The molecule has 1 unspecified atom stereocenters. The molecule has 2 heterocycles. The van der Waals surface area contributed by atoms with Gasteiger partial charge in [-0.2, -0.15) is 5.10 Å². The molecule has 13 heteroatoms. The summed E-state index contributed by atoms with van der Waals surface area (Å²) in [7, 11) is 1.52. The number of aromatic nitrogens is 2. The third-order valence-electron chi connectivity index (χ3n) is 7.06. The van der Waals surface area contributed by atoms with Gasteiger partial charge in [-0.15, -0.1) is 0 Å². The van der Waals surface area contributed by atoms with Gasteiger partial charge in [0.25, 0.3) is 0 Å². The Kier molecular flexibility index (Phi) is 11.9. The van der Waals surface area contributed by atoms with E-state index in [2.05, 4.69) is 16.9 Å². The first-order valence-corrected chi connectivity index (χ1v) is 15.7. The number of methoxy groups -OCH3 is 2. The minimum absolute atomic E-state index is 0.0268. The van der Waals surface area contributed by atoms with Gasteiger partial charge in [-0.3, -0.25) is 4.90 Å². The van der Waals surface area contributed by atoms with E-state index < -0.39 is 21.8 Å². The Labute approximate surface area is 262 Å². The molecular weight excluding hydrogens is 602 g/mol. The van der Waals surface area contributed by atoms with E-state index in [1.807, 2.05) is 39.1 Å². The number of ether oxygens (including phenoxy) is 3. The molecule has 242 valence electrons. The van der Waals surface area contributed by atoms with Gasteiger partial charge in [0.15, 0.2) is 17.7 Å². The summed E-state index contributed by atoms with van der Waals surface area (Å²) in [5.74, 6) is -1.59. The van der Waals surface area contributed by atoms with Crippen molar-refractivity contribution in [2.24, 2.45) is 0 Å². The van der Waals surface area contributed by atoms with Crippen LogP contribution in [0.15, 0.2) is 76.8 Å². The molecule has 0 spiro atoms. The zero-order chi connectivity index (χ0) is 33.3. The second-order valence-corrected chi connectivity index (χ2v) is 12.3. The number of hydrogen-bond donors (Lipinski definition) is 2. The van der Waals surface area contributed by atoms with Crippen molar-refractivity contribution in [1.82, 2.24) is 14.5 Å². The number of likely N-dealkylation sites (N-methyl/N-ethyl adjacent to an activating group) is 1. The Morgan fingerprint density at radius 3 is 2.18 bits per heavy atom. The van der Waals surface area contributed by atoms with E-state index in [-0.39, 0.29) is 17.0 Å². The standard InChI is InChI=1S/C30H37N3O5S.C2H2O4/c1-7-29(32(4)18-16-22-10-15-27(36-5)28(19-22)37-6)38-23-11-13-24(14-12-23)39(34,35)30-25(21(2)3)20-33-26(30)9-8-17-31-33;3-1(4)2(5)6/h8-15,17,19-21,29H,7,16,18H2,1-6H3;(H,3,4)(H,5,6). The minimum Gasteiger partial charge on any atom is -0.493 e. The van der Waals surface area contributed by atoms with Gasteiger partial charge in [0.05, 0.1) is 24.6 Å². The zero-order valence-electron chi connectivity index (χ0n) is 26.1. The van der Waals surface area contributed by atoms with Crippen LogP contribution in [0.5, 0.6) is 17.2 Å². The normalized spacial score (nSPS) is 12.0. The topological polar surface area (TPSA) is 157 Å². The number of carboxylic acid groups (broad SMARTS) is 2. The number of benzene rings is 2. The molecule has 0 saturated heterocycles. The van der Waals surface area contributed by atoms with Crippen molar-refractivity contribution in [2.45, 2.75) is 55.5 Å². The number of carboxylic acids is 2. The first-order valence-electron chi connectivity index (χ1n) is 14.2. The molecule has 0 fully saturated rings. The van der Waals surface area contributed by atoms with Crippen molar-refractivity contribution in [2.75, 3.05) is 27.8 Å². The van der Waals surface area contributed by atoms with Gasteiger partial charge < -0.3 is 24.4 Å². The van der Waals surface area contributed by atoms with Crippen molar-refractivity contribution in [1.29, 1.82) is 0 Å². The van der Waals surface area contributed by atoms with Gasteiger partial charge in [0, 0.05) is 18.9 Å². The summed E-state index contributed by atoms with van der Waals surface area (Å²) in [5.41, 5.74) is 2.46. The van der Waals surface area contributed by atoms with Gasteiger partial charge in [-0.1, -0.05) is 26.8 Å². The molecule has 0 aliphatic rings. The Balaban J connectivity index is 0.000000838. The first-order chi connectivity index (χ1) is 21.3. The van der Waals surface area contributed by atoms with E-state index in [1.165, 1.54) is 0 Å². The van der Waals surface area contributed by atoms with Gasteiger partial charge in [-0.05, 0) is 85.5 Å². The number of rotatable bonds is 12. The molecule has 4 aromatic rings. The molecule has 0 aliphatic carbocycles. The van der Waals surface area contributed by atoms with Crippen LogP contribution in [0.2, 0.25) is 0 Å². The molecule has 0 saturated carbocycles. The second-order valence-electron chi connectivity index (χ2n) is 10.4. The molecule has 4 rings (SSSR count). The fourth-order valence-electron chi connectivity index (χ4n) is 4.65. The summed E-state index contributed by atoms with van der Waals surface area (Å²) in [5, 5.41) is 19.1. The van der Waals surface area contributed by atoms with Crippen LogP contribution in [0.3, 0.4) is 0 Å². The minimum atomic E-state index is -3.76. The maximum absolute atomic E-state index is 13.7. The van der Waals surface area contributed by atoms with Crippen LogP contribution in [-0.4, -0.2) is 79.1 Å². The quantitative estimate of drug-likeness (QED) is 0.162. The van der Waals surface area contributed by atoms with Gasteiger partial charge in [-0.25, -0.2) is 22.5 Å². The van der Waals surface area contributed by atoms with Gasteiger partial charge >= 0.3 is 11.9 Å². The molecule has 0 bridgehead atoms. The summed E-state index contributed by atoms with van der Waals surface area (Å²) < 4.78 is 46.1. The summed E-state index contributed by atoms with van der Waals surface area (Å²) in [6.07, 6.45) is 4.86. The molecular formula is C32H39N3O9S. The molecule has 45 heavy (non-hydrogen) atoms. The molecule has 2 N–H and O–H groups in total. The van der Waals surface area contributed by atoms with Crippen molar-refractivity contribution in [3.8, 4) is 17.2 Å². The van der Waals surface area contributed by atoms with Crippen LogP contribution < -0.4 is 14.2 Å². The van der Waals surface area contributed by atoms with Crippen LogP contribution in [0.1, 0.15) is 44.2 Å². The lowest BCUT2D eigenvalue weighted by Crippen LogP contribution is -2.37. The Morgan fingerprint density at radius 2 is 1.62 bits per heavy atom. The molecule has 1 atom stereocenters. The molecule has 12 nitrogen and oxygen atoms in total. The van der Waals surface area contributed by atoms with E-state index in [1.54, 1.807) is 67.5 Å². The van der Waals surface area contributed by atoms with Crippen LogP contribution in [0, 0.1) is 0 Å². The fourth-order valence-corrected chi connectivity index (χ4v) is 6.42. The summed E-state index contributed by atoms with van der Waals surface area (Å²) in [4.78, 5) is 20.9. The largest absolute Gasteiger partial charge is 0.493 e. The predicted octanol–water partition coefficient (Wildman–Crippen LogP) is 4.75. The smallest absolute Gasteiger partial charge is 0.414 e. The number of carbonyl (C=O) groups is 2. The molecule has 0 radical (unpaired) electrons.